The quantitative estimate of drug-likeness (QED) is 0.455. The van der Waals surface area contributed by atoms with Crippen LogP contribution < -0.4 is 0 Å². The number of rotatable bonds is 0. The SMILES string of the molecule is c1ccc2c3c4ccncc4occ-3nc2c1. The summed E-state index contributed by atoms with van der Waals surface area (Å²) in [5.41, 5.74) is 3.83. The van der Waals surface area contributed by atoms with Crippen LogP contribution in [-0.4, -0.2) is 9.97 Å². The Morgan fingerprint density at radius 1 is 1.00 bits per heavy atom. The topological polar surface area (TPSA) is 38.9 Å². The first-order chi connectivity index (χ1) is 8.43. The second-order valence-corrected chi connectivity index (χ2v) is 4.00. The molecule has 0 bridgehead atoms. The minimum absolute atomic E-state index is 0.790. The summed E-state index contributed by atoms with van der Waals surface area (Å²) >= 11 is 0. The molecule has 2 aromatic rings. The first-order valence-corrected chi connectivity index (χ1v) is 5.43. The fourth-order valence-corrected chi connectivity index (χ4v) is 2.27. The van der Waals surface area contributed by atoms with E-state index in [9.17, 15) is 0 Å². The number of benzene rings is 1. The van der Waals surface area contributed by atoms with E-state index in [1.54, 1.807) is 18.7 Å². The molecule has 1 aromatic heterocycles. The predicted molar refractivity (Wildman–Crippen MR) is 65.9 cm³/mol. The van der Waals surface area contributed by atoms with Gasteiger partial charge in [0.05, 0.1) is 11.7 Å². The highest BCUT2D eigenvalue weighted by atomic mass is 16.3. The maximum Gasteiger partial charge on any atom is 0.152 e. The van der Waals surface area contributed by atoms with Crippen LogP contribution in [0.4, 0.5) is 0 Å². The van der Waals surface area contributed by atoms with E-state index in [0.29, 0.717) is 0 Å². The second kappa shape index (κ2) is 3.04. The van der Waals surface area contributed by atoms with E-state index in [0.717, 1.165) is 33.1 Å². The zero-order valence-corrected chi connectivity index (χ0v) is 8.92. The Morgan fingerprint density at radius 3 is 2.94 bits per heavy atom. The fourth-order valence-electron chi connectivity index (χ4n) is 2.27. The molecule has 0 saturated carbocycles. The van der Waals surface area contributed by atoms with Crippen molar-refractivity contribution in [2.75, 3.05) is 0 Å². The summed E-state index contributed by atoms with van der Waals surface area (Å²) in [7, 11) is 0. The van der Waals surface area contributed by atoms with Crippen LogP contribution in [0.2, 0.25) is 0 Å². The Bertz CT molecular complexity index is 798. The Balaban J connectivity index is 2.33. The highest BCUT2D eigenvalue weighted by molar-refractivity contribution is 6.08. The van der Waals surface area contributed by atoms with Gasteiger partial charge in [0.15, 0.2) is 5.58 Å². The number of pyridine rings is 1. The zero-order chi connectivity index (χ0) is 11.2. The van der Waals surface area contributed by atoms with Gasteiger partial charge in [0.25, 0.3) is 0 Å². The molecule has 2 aliphatic heterocycles. The Hall–Kier alpha value is -2.42. The summed E-state index contributed by atoms with van der Waals surface area (Å²) < 4.78 is 5.53. The van der Waals surface area contributed by atoms with E-state index >= 15 is 0 Å². The lowest BCUT2D eigenvalue weighted by Crippen LogP contribution is -1.81. The van der Waals surface area contributed by atoms with Crippen molar-refractivity contribution in [2.24, 2.45) is 0 Å². The maximum atomic E-state index is 5.53. The smallest absolute Gasteiger partial charge is 0.152 e. The predicted octanol–water partition coefficient (Wildman–Crippen LogP) is 3.48. The highest BCUT2D eigenvalue weighted by Crippen LogP contribution is 2.36. The Labute approximate surface area is 97.1 Å². The van der Waals surface area contributed by atoms with Gasteiger partial charge in [0.1, 0.15) is 12.0 Å². The van der Waals surface area contributed by atoms with Crippen LogP contribution in [0, 0.1) is 0 Å². The number of aromatic nitrogens is 2. The molecule has 0 aliphatic carbocycles. The van der Waals surface area contributed by atoms with E-state index in [4.69, 9.17) is 4.42 Å². The monoisotopic (exact) mass is 220 g/mol. The van der Waals surface area contributed by atoms with Gasteiger partial charge in [0.2, 0.25) is 0 Å². The molecule has 3 heterocycles. The number of nitrogens with zero attached hydrogens (tertiary/aromatic N) is 2. The Morgan fingerprint density at radius 2 is 1.94 bits per heavy atom. The van der Waals surface area contributed by atoms with Crippen molar-refractivity contribution in [3.63, 3.8) is 0 Å². The average molecular weight is 220 g/mol. The minimum Gasteiger partial charge on any atom is -0.460 e. The van der Waals surface area contributed by atoms with Gasteiger partial charge < -0.3 is 4.42 Å². The van der Waals surface area contributed by atoms with Crippen molar-refractivity contribution in [3.8, 4) is 11.3 Å². The summed E-state index contributed by atoms with van der Waals surface area (Å²) in [4.78, 5) is 8.62. The van der Waals surface area contributed by atoms with E-state index in [-0.39, 0.29) is 0 Å². The lowest BCUT2D eigenvalue weighted by molar-refractivity contribution is 0.602. The normalized spacial score (nSPS) is 11.5. The molecule has 1 aromatic carbocycles. The first-order valence-electron chi connectivity index (χ1n) is 5.43. The summed E-state index contributed by atoms with van der Waals surface area (Å²) in [5.74, 6) is 0. The van der Waals surface area contributed by atoms with Crippen LogP contribution in [-0.2, 0) is 0 Å². The minimum atomic E-state index is 0.790. The van der Waals surface area contributed by atoms with Crippen molar-refractivity contribution in [3.05, 3.63) is 49.0 Å². The molecule has 3 nitrogen and oxygen atoms in total. The van der Waals surface area contributed by atoms with E-state index < -0.39 is 0 Å². The van der Waals surface area contributed by atoms with Crippen molar-refractivity contribution in [1.82, 2.24) is 9.97 Å². The van der Waals surface area contributed by atoms with Gasteiger partial charge in [-0.05, 0) is 12.1 Å². The van der Waals surface area contributed by atoms with Crippen LogP contribution in [0.5, 0.6) is 0 Å². The fraction of sp³-hybridized carbons (Fsp3) is 0. The highest BCUT2D eigenvalue weighted by Gasteiger charge is 2.15. The van der Waals surface area contributed by atoms with E-state index in [2.05, 4.69) is 16.0 Å². The number of hydrogen-bond acceptors (Lipinski definition) is 3. The second-order valence-electron chi connectivity index (χ2n) is 4.00. The molecule has 0 N–H and O–H groups in total. The Kier molecular flexibility index (Phi) is 1.56. The molecule has 0 atom stereocenters. The van der Waals surface area contributed by atoms with Crippen molar-refractivity contribution in [1.29, 1.82) is 0 Å². The molecule has 17 heavy (non-hydrogen) atoms. The van der Waals surface area contributed by atoms with Crippen LogP contribution >= 0.6 is 0 Å². The summed E-state index contributed by atoms with van der Waals surface area (Å²) in [5, 5.41) is 2.22. The number of hydrogen-bond donors (Lipinski definition) is 0. The number of fused-ring (bicyclic) bond motifs is 5. The van der Waals surface area contributed by atoms with Gasteiger partial charge in [-0.15, -0.1) is 0 Å². The lowest BCUT2D eigenvalue weighted by atomic mass is 10.1. The van der Waals surface area contributed by atoms with Gasteiger partial charge in [-0.3, -0.25) is 4.98 Å². The van der Waals surface area contributed by atoms with Gasteiger partial charge >= 0.3 is 0 Å². The summed E-state index contributed by atoms with van der Waals surface area (Å²) in [6, 6.07) is 10.1. The van der Waals surface area contributed by atoms with Crippen LogP contribution in [0.15, 0.2) is 53.4 Å². The third-order valence-corrected chi connectivity index (χ3v) is 3.02. The molecule has 0 radical (unpaired) electrons. The van der Waals surface area contributed by atoms with Crippen LogP contribution in [0.25, 0.3) is 33.1 Å². The largest absolute Gasteiger partial charge is 0.460 e. The molecular weight excluding hydrogens is 212 g/mol. The van der Waals surface area contributed by atoms with Gasteiger partial charge in [-0.1, -0.05) is 18.2 Å². The zero-order valence-electron chi connectivity index (χ0n) is 8.92. The van der Waals surface area contributed by atoms with Crippen molar-refractivity contribution < 1.29 is 4.42 Å². The summed E-state index contributed by atoms with van der Waals surface area (Å²) in [6.45, 7) is 0. The molecule has 2 aliphatic rings. The van der Waals surface area contributed by atoms with E-state index in [1.807, 2.05) is 24.3 Å². The maximum absolute atomic E-state index is 5.53. The van der Waals surface area contributed by atoms with Crippen LogP contribution in [0.3, 0.4) is 0 Å². The van der Waals surface area contributed by atoms with Gasteiger partial charge in [-0.2, -0.15) is 0 Å². The van der Waals surface area contributed by atoms with E-state index in [1.165, 1.54) is 0 Å². The van der Waals surface area contributed by atoms with Crippen molar-refractivity contribution >= 4 is 21.9 Å². The summed E-state index contributed by atoms with van der Waals surface area (Å²) in [6.07, 6.45) is 5.20. The lowest BCUT2D eigenvalue weighted by Gasteiger charge is -2.02. The molecule has 0 spiro atoms. The molecule has 3 heteroatoms. The third kappa shape index (κ3) is 1.11. The molecular formula is C14H8N2O. The van der Waals surface area contributed by atoms with Crippen molar-refractivity contribution in [2.45, 2.75) is 0 Å². The van der Waals surface area contributed by atoms with Gasteiger partial charge in [-0.25, -0.2) is 4.98 Å². The molecule has 4 rings (SSSR count). The molecule has 0 unspecified atom stereocenters. The average Bonchev–Trinajstić information content (AvgIpc) is 2.77. The first kappa shape index (κ1) is 8.70. The molecule has 0 amide bonds. The van der Waals surface area contributed by atoms with Crippen LogP contribution in [0.1, 0.15) is 0 Å². The molecule has 80 valence electrons. The number of para-hydroxylation sites is 1. The molecule has 0 saturated heterocycles. The molecule has 0 fully saturated rings. The van der Waals surface area contributed by atoms with Gasteiger partial charge in [0, 0.05) is 22.5 Å². The standard InChI is InChI=1S/C14H8N2O/c1-2-4-11-9(3-1)14-10-5-6-15-7-13(10)17-8-12(14)16-11/h1-8H. The third-order valence-electron chi connectivity index (χ3n) is 3.02.